The molecule has 132 valence electrons. The molecular formula is C24H20N2O. The SMILES string of the molecule is CC(=O)C1(Cc2ccccc2)C(c2ccccc2)=NN=C1c1ccccc1. The van der Waals surface area contributed by atoms with Gasteiger partial charge < -0.3 is 0 Å². The predicted molar refractivity (Wildman–Crippen MR) is 109 cm³/mol. The summed E-state index contributed by atoms with van der Waals surface area (Å²) in [7, 11) is 0. The first-order valence-electron chi connectivity index (χ1n) is 9.04. The van der Waals surface area contributed by atoms with Gasteiger partial charge in [0.05, 0.1) is 11.4 Å². The molecule has 0 fully saturated rings. The molecule has 0 aromatic heterocycles. The summed E-state index contributed by atoms with van der Waals surface area (Å²) in [6.07, 6.45) is 0.532. The Labute approximate surface area is 159 Å². The van der Waals surface area contributed by atoms with Gasteiger partial charge in [-0.2, -0.15) is 10.2 Å². The lowest BCUT2D eigenvalue weighted by Crippen LogP contribution is -2.45. The molecule has 0 saturated carbocycles. The van der Waals surface area contributed by atoms with Crippen LogP contribution in [-0.4, -0.2) is 17.2 Å². The first-order chi connectivity index (χ1) is 13.2. The topological polar surface area (TPSA) is 41.8 Å². The van der Waals surface area contributed by atoms with E-state index < -0.39 is 5.41 Å². The molecule has 1 heterocycles. The molecule has 27 heavy (non-hydrogen) atoms. The number of Topliss-reactive ketones (excluding diaryl/α,β-unsaturated/α-hetero) is 1. The minimum absolute atomic E-state index is 0.0501. The lowest BCUT2D eigenvalue weighted by Gasteiger charge is -2.30. The van der Waals surface area contributed by atoms with Gasteiger partial charge in [-0.05, 0) is 30.0 Å². The molecule has 3 aromatic carbocycles. The summed E-state index contributed by atoms with van der Waals surface area (Å²) in [6, 6.07) is 29.8. The highest BCUT2D eigenvalue weighted by molar-refractivity contribution is 6.36. The second kappa shape index (κ2) is 7.12. The van der Waals surface area contributed by atoms with E-state index in [1.165, 1.54) is 0 Å². The van der Waals surface area contributed by atoms with Crippen LogP contribution in [0.5, 0.6) is 0 Å². The average molecular weight is 352 g/mol. The minimum atomic E-state index is -0.899. The summed E-state index contributed by atoms with van der Waals surface area (Å²) >= 11 is 0. The van der Waals surface area contributed by atoms with E-state index in [1.54, 1.807) is 6.92 Å². The fourth-order valence-corrected chi connectivity index (χ4v) is 3.71. The van der Waals surface area contributed by atoms with Crippen LogP contribution in [0.25, 0.3) is 0 Å². The Morgan fingerprint density at radius 1 is 0.704 bits per heavy atom. The minimum Gasteiger partial charge on any atom is -0.298 e. The number of benzene rings is 3. The maximum Gasteiger partial charge on any atom is 0.148 e. The number of hydrogen-bond donors (Lipinski definition) is 0. The van der Waals surface area contributed by atoms with E-state index >= 15 is 0 Å². The summed E-state index contributed by atoms with van der Waals surface area (Å²) < 4.78 is 0. The molecule has 0 atom stereocenters. The van der Waals surface area contributed by atoms with Crippen molar-refractivity contribution in [3.63, 3.8) is 0 Å². The molecular weight excluding hydrogens is 332 g/mol. The van der Waals surface area contributed by atoms with Gasteiger partial charge in [0, 0.05) is 0 Å². The van der Waals surface area contributed by atoms with Gasteiger partial charge >= 0.3 is 0 Å². The molecule has 0 saturated heterocycles. The van der Waals surface area contributed by atoms with Crippen molar-refractivity contribution in [2.45, 2.75) is 13.3 Å². The molecule has 3 aromatic rings. The largest absolute Gasteiger partial charge is 0.298 e. The number of carbonyl (C=O) groups excluding carboxylic acids is 1. The van der Waals surface area contributed by atoms with Gasteiger partial charge in [0.2, 0.25) is 0 Å². The highest BCUT2D eigenvalue weighted by atomic mass is 16.1. The zero-order valence-electron chi connectivity index (χ0n) is 15.2. The Morgan fingerprint density at radius 2 is 1.11 bits per heavy atom. The molecule has 4 rings (SSSR count). The summed E-state index contributed by atoms with van der Waals surface area (Å²) in [5, 5.41) is 9.04. The number of rotatable bonds is 5. The normalized spacial score (nSPS) is 15.1. The number of carbonyl (C=O) groups is 1. The average Bonchev–Trinajstić information content (AvgIpc) is 3.10. The molecule has 0 bridgehead atoms. The smallest absolute Gasteiger partial charge is 0.148 e. The van der Waals surface area contributed by atoms with E-state index in [0.717, 1.165) is 28.1 Å². The number of nitrogens with zero attached hydrogens (tertiary/aromatic N) is 2. The Kier molecular flexibility index (Phi) is 4.51. The molecule has 0 amide bonds. The highest BCUT2D eigenvalue weighted by Crippen LogP contribution is 2.38. The zero-order chi connectivity index (χ0) is 18.7. The monoisotopic (exact) mass is 352 g/mol. The molecule has 1 aliphatic heterocycles. The van der Waals surface area contributed by atoms with E-state index in [2.05, 4.69) is 10.2 Å². The molecule has 0 spiro atoms. The van der Waals surface area contributed by atoms with E-state index in [4.69, 9.17) is 0 Å². The van der Waals surface area contributed by atoms with Crippen molar-refractivity contribution in [2.75, 3.05) is 0 Å². The van der Waals surface area contributed by atoms with Crippen molar-refractivity contribution in [1.82, 2.24) is 0 Å². The van der Waals surface area contributed by atoms with Crippen LogP contribution in [0.15, 0.2) is 101 Å². The number of hydrogen-bond acceptors (Lipinski definition) is 3. The third-order valence-electron chi connectivity index (χ3n) is 5.07. The van der Waals surface area contributed by atoms with Crippen molar-refractivity contribution in [1.29, 1.82) is 0 Å². The molecule has 0 unspecified atom stereocenters. The highest BCUT2D eigenvalue weighted by Gasteiger charge is 2.49. The van der Waals surface area contributed by atoms with Crippen LogP contribution < -0.4 is 0 Å². The molecule has 3 heteroatoms. The van der Waals surface area contributed by atoms with Gasteiger partial charge in [-0.15, -0.1) is 0 Å². The van der Waals surface area contributed by atoms with Crippen molar-refractivity contribution >= 4 is 17.2 Å². The first kappa shape index (κ1) is 17.1. The van der Waals surface area contributed by atoms with Crippen LogP contribution in [0.3, 0.4) is 0 Å². The van der Waals surface area contributed by atoms with Crippen molar-refractivity contribution in [3.8, 4) is 0 Å². The predicted octanol–water partition coefficient (Wildman–Crippen LogP) is 4.71. The summed E-state index contributed by atoms with van der Waals surface area (Å²) in [4.78, 5) is 13.2. The zero-order valence-corrected chi connectivity index (χ0v) is 15.2. The molecule has 1 aliphatic rings. The maximum atomic E-state index is 13.2. The van der Waals surface area contributed by atoms with Gasteiger partial charge in [-0.1, -0.05) is 91.0 Å². The van der Waals surface area contributed by atoms with Gasteiger partial charge in [0.1, 0.15) is 11.2 Å². The van der Waals surface area contributed by atoms with Crippen LogP contribution in [0.4, 0.5) is 0 Å². The summed E-state index contributed by atoms with van der Waals surface area (Å²) in [6.45, 7) is 1.64. The first-order valence-corrected chi connectivity index (χ1v) is 9.04. The molecule has 3 nitrogen and oxygen atoms in total. The number of ketones is 1. The Morgan fingerprint density at radius 3 is 1.52 bits per heavy atom. The second-order valence-electron chi connectivity index (χ2n) is 6.75. The van der Waals surface area contributed by atoms with E-state index in [-0.39, 0.29) is 5.78 Å². The van der Waals surface area contributed by atoms with Crippen LogP contribution in [-0.2, 0) is 11.2 Å². The van der Waals surface area contributed by atoms with Gasteiger partial charge in [-0.25, -0.2) is 0 Å². The Balaban J connectivity index is 1.90. The van der Waals surface area contributed by atoms with Gasteiger partial charge in [0.25, 0.3) is 0 Å². The summed E-state index contributed by atoms with van der Waals surface area (Å²) in [5.41, 5.74) is 3.49. The van der Waals surface area contributed by atoms with Crippen molar-refractivity contribution in [3.05, 3.63) is 108 Å². The van der Waals surface area contributed by atoms with Gasteiger partial charge in [-0.3, -0.25) is 4.79 Å². The molecule has 0 aliphatic carbocycles. The fraction of sp³-hybridized carbons (Fsp3) is 0.125. The third-order valence-corrected chi connectivity index (χ3v) is 5.07. The lowest BCUT2D eigenvalue weighted by atomic mass is 9.67. The molecule has 0 N–H and O–H groups in total. The van der Waals surface area contributed by atoms with E-state index in [1.807, 2.05) is 91.0 Å². The standard InChI is InChI=1S/C24H20N2O/c1-18(27)24(17-19-11-5-2-6-12-19)22(20-13-7-3-8-14-20)25-26-23(24)21-15-9-4-10-16-21/h2-16H,17H2,1H3. The summed E-state index contributed by atoms with van der Waals surface area (Å²) in [5.74, 6) is 0.0501. The van der Waals surface area contributed by atoms with Gasteiger partial charge in [0.15, 0.2) is 0 Å². The quantitative estimate of drug-likeness (QED) is 0.655. The van der Waals surface area contributed by atoms with Crippen LogP contribution in [0, 0.1) is 5.41 Å². The van der Waals surface area contributed by atoms with Crippen LogP contribution >= 0.6 is 0 Å². The van der Waals surface area contributed by atoms with E-state index in [0.29, 0.717) is 6.42 Å². The van der Waals surface area contributed by atoms with Crippen molar-refractivity contribution in [2.24, 2.45) is 15.6 Å². The second-order valence-corrected chi connectivity index (χ2v) is 6.75. The fourth-order valence-electron chi connectivity index (χ4n) is 3.71. The van der Waals surface area contributed by atoms with Crippen molar-refractivity contribution < 1.29 is 4.79 Å². The van der Waals surface area contributed by atoms with Crippen LogP contribution in [0.2, 0.25) is 0 Å². The molecule has 0 radical (unpaired) electrons. The Hall–Kier alpha value is -3.33. The lowest BCUT2D eigenvalue weighted by molar-refractivity contribution is -0.120. The Bertz CT molecular complexity index is 951. The third kappa shape index (κ3) is 3.02. The van der Waals surface area contributed by atoms with E-state index in [9.17, 15) is 4.79 Å². The maximum absolute atomic E-state index is 13.2. The van der Waals surface area contributed by atoms with Crippen LogP contribution in [0.1, 0.15) is 23.6 Å².